The Morgan fingerprint density at radius 3 is 2.13 bits per heavy atom. The second-order valence-corrected chi connectivity index (χ2v) is 9.30. The molecule has 2 amide bonds. The highest BCUT2D eigenvalue weighted by Crippen LogP contribution is 2.52. The second kappa shape index (κ2) is 8.06. The molecule has 1 aromatic carbocycles. The van der Waals surface area contributed by atoms with Crippen molar-refractivity contribution in [2.45, 2.75) is 44.4 Å². The molecule has 0 spiro atoms. The number of carbonyl (C=O) groups is 4. The van der Waals surface area contributed by atoms with Crippen molar-refractivity contribution in [1.29, 1.82) is 0 Å². The molecule has 31 heavy (non-hydrogen) atoms. The summed E-state index contributed by atoms with van der Waals surface area (Å²) in [6.07, 6.45) is 11.1. The van der Waals surface area contributed by atoms with Crippen LogP contribution >= 0.6 is 0 Å². The van der Waals surface area contributed by atoms with Gasteiger partial charge in [0.05, 0.1) is 11.8 Å². The number of hydrogen-bond donors (Lipinski definition) is 0. The largest absolute Gasteiger partial charge is 0.456 e. The smallest absolute Gasteiger partial charge is 0.326 e. The molecule has 2 bridgehead atoms. The van der Waals surface area contributed by atoms with Gasteiger partial charge in [-0.15, -0.1) is 0 Å². The number of amides is 2. The van der Waals surface area contributed by atoms with E-state index >= 15 is 0 Å². The molecule has 6 nitrogen and oxygen atoms in total. The van der Waals surface area contributed by atoms with Gasteiger partial charge in [0.15, 0.2) is 12.4 Å². The predicted molar refractivity (Wildman–Crippen MR) is 112 cm³/mol. The molecule has 3 aliphatic carbocycles. The first kappa shape index (κ1) is 20.2. The predicted octanol–water partition coefficient (Wildman–Crippen LogP) is 3.27. The first-order valence-corrected chi connectivity index (χ1v) is 11.4. The Morgan fingerprint density at radius 2 is 1.52 bits per heavy atom. The van der Waals surface area contributed by atoms with Gasteiger partial charge in [-0.25, -0.2) is 0 Å². The molecule has 4 aliphatic rings. The number of hydrogen-bond acceptors (Lipinski definition) is 5. The van der Waals surface area contributed by atoms with E-state index in [1.54, 1.807) is 12.1 Å². The molecule has 1 aromatic rings. The van der Waals surface area contributed by atoms with E-state index in [9.17, 15) is 19.2 Å². The Bertz CT molecular complexity index is 913. The summed E-state index contributed by atoms with van der Waals surface area (Å²) in [5.41, 5.74) is 1.76. The van der Waals surface area contributed by atoms with E-state index in [0.29, 0.717) is 11.5 Å². The minimum Gasteiger partial charge on any atom is -0.456 e. The van der Waals surface area contributed by atoms with E-state index < -0.39 is 19.1 Å². The highest BCUT2D eigenvalue weighted by Gasteiger charge is 2.59. The number of imide groups is 1. The Hall–Kier alpha value is -2.76. The van der Waals surface area contributed by atoms with E-state index in [-0.39, 0.29) is 41.3 Å². The summed E-state index contributed by atoms with van der Waals surface area (Å²) in [6.45, 7) is -0.810. The maximum absolute atomic E-state index is 12.6. The van der Waals surface area contributed by atoms with Crippen molar-refractivity contribution in [2.75, 3.05) is 13.2 Å². The van der Waals surface area contributed by atoms with Crippen molar-refractivity contribution in [3.8, 4) is 0 Å². The van der Waals surface area contributed by atoms with Gasteiger partial charge in [0.25, 0.3) is 0 Å². The molecule has 1 aliphatic heterocycles. The molecule has 0 N–H and O–H groups in total. The van der Waals surface area contributed by atoms with Crippen LogP contribution in [-0.4, -0.2) is 41.6 Å². The van der Waals surface area contributed by atoms with Crippen molar-refractivity contribution < 1.29 is 23.9 Å². The number of carbonyl (C=O) groups excluding carboxylic acids is 4. The number of fused-ring (bicyclic) bond motifs is 5. The molecule has 6 heteroatoms. The third kappa shape index (κ3) is 3.62. The summed E-state index contributed by atoms with van der Waals surface area (Å²) in [7, 11) is 0. The van der Waals surface area contributed by atoms with Crippen LogP contribution in [0.1, 0.15) is 60.4 Å². The number of esters is 1. The monoisotopic (exact) mass is 421 g/mol. The van der Waals surface area contributed by atoms with Crippen molar-refractivity contribution in [1.82, 2.24) is 4.90 Å². The Balaban J connectivity index is 1.13. The van der Waals surface area contributed by atoms with Gasteiger partial charge in [-0.3, -0.25) is 24.1 Å². The van der Waals surface area contributed by atoms with Gasteiger partial charge in [-0.1, -0.05) is 55.7 Å². The summed E-state index contributed by atoms with van der Waals surface area (Å²) in [5, 5.41) is 0. The maximum atomic E-state index is 12.6. The lowest BCUT2D eigenvalue weighted by Crippen LogP contribution is -2.38. The third-order valence-corrected chi connectivity index (χ3v) is 7.52. The molecule has 4 atom stereocenters. The molecule has 3 fully saturated rings. The number of rotatable bonds is 6. The molecule has 1 saturated heterocycles. The van der Waals surface area contributed by atoms with E-state index in [1.807, 2.05) is 24.3 Å². The van der Waals surface area contributed by atoms with Crippen LogP contribution in [0.2, 0.25) is 0 Å². The van der Waals surface area contributed by atoms with Crippen LogP contribution in [0.25, 0.3) is 0 Å². The van der Waals surface area contributed by atoms with Crippen LogP contribution in [-0.2, 0) is 19.1 Å². The summed E-state index contributed by atoms with van der Waals surface area (Å²) in [4.78, 5) is 51.0. The molecular formula is C25H27NO5. The maximum Gasteiger partial charge on any atom is 0.326 e. The highest BCUT2D eigenvalue weighted by atomic mass is 16.5. The number of Topliss-reactive ketones (excluding diaryl/α,β-unsaturated/α-hetero) is 1. The van der Waals surface area contributed by atoms with Crippen LogP contribution in [0.4, 0.5) is 0 Å². The number of ketones is 1. The minimum absolute atomic E-state index is 0.102. The number of nitrogens with zero attached hydrogens (tertiary/aromatic N) is 1. The van der Waals surface area contributed by atoms with E-state index in [2.05, 4.69) is 0 Å². The second-order valence-electron chi connectivity index (χ2n) is 9.30. The fraction of sp³-hybridized carbons (Fsp3) is 0.520. The number of benzene rings is 1. The van der Waals surface area contributed by atoms with Crippen LogP contribution in [0.5, 0.6) is 0 Å². The molecule has 2 saturated carbocycles. The fourth-order valence-electron chi connectivity index (χ4n) is 5.90. The lowest BCUT2D eigenvalue weighted by atomic mass is 9.84. The molecular weight excluding hydrogens is 394 g/mol. The minimum atomic E-state index is -0.728. The Labute approximate surface area is 181 Å². The van der Waals surface area contributed by atoms with E-state index in [4.69, 9.17) is 4.74 Å². The summed E-state index contributed by atoms with van der Waals surface area (Å²) < 4.78 is 5.10. The van der Waals surface area contributed by atoms with Crippen molar-refractivity contribution in [3.63, 3.8) is 0 Å². The normalized spacial score (nSPS) is 29.5. The molecule has 0 radical (unpaired) electrons. The standard InChI is InChI=1S/C25H27NO5/c27-20(17-8-6-16(7-9-17)15-4-2-1-3-5-15)14-31-21(28)13-26-24(29)22-18-10-11-19(12-18)23(22)25(26)30/h6-11,15,18-19,22-23H,1-5,12-14H2. The lowest BCUT2D eigenvalue weighted by Gasteiger charge is -2.22. The average molecular weight is 421 g/mol. The van der Waals surface area contributed by atoms with Gasteiger partial charge in [0.1, 0.15) is 6.54 Å². The zero-order valence-electron chi connectivity index (χ0n) is 17.5. The van der Waals surface area contributed by atoms with Crippen LogP contribution in [0.15, 0.2) is 36.4 Å². The number of allylic oxidation sites excluding steroid dienone is 2. The number of likely N-dealkylation sites (tertiary alicyclic amines) is 1. The van der Waals surface area contributed by atoms with Gasteiger partial charge in [0.2, 0.25) is 11.8 Å². The van der Waals surface area contributed by atoms with Gasteiger partial charge in [-0.05, 0) is 42.6 Å². The quantitative estimate of drug-likeness (QED) is 0.305. The van der Waals surface area contributed by atoms with Crippen molar-refractivity contribution in [2.24, 2.45) is 23.7 Å². The van der Waals surface area contributed by atoms with Crippen LogP contribution in [0, 0.1) is 23.7 Å². The first-order chi connectivity index (χ1) is 15.0. The third-order valence-electron chi connectivity index (χ3n) is 7.52. The Kier molecular flexibility index (Phi) is 5.24. The highest BCUT2D eigenvalue weighted by molar-refractivity contribution is 6.08. The molecule has 162 valence electrons. The molecule has 4 unspecified atom stereocenters. The van der Waals surface area contributed by atoms with Gasteiger partial charge < -0.3 is 4.74 Å². The number of ether oxygens (including phenoxy) is 1. The van der Waals surface area contributed by atoms with E-state index in [0.717, 1.165) is 11.3 Å². The molecule has 5 rings (SSSR count). The Morgan fingerprint density at radius 1 is 0.903 bits per heavy atom. The summed E-state index contributed by atoms with van der Waals surface area (Å²) >= 11 is 0. The zero-order chi connectivity index (χ0) is 21.5. The lowest BCUT2D eigenvalue weighted by molar-refractivity contribution is -0.152. The first-order valence-electron chi connectivity index (χ1n) is 11.4. The average Bonchev–Trinajstić information content (AvgIpc) is 3.48. The summed E-state index contributed by atoms with van der Waals surface area (Å²) in [5.74, 6) is -1.48. The van der Waals surface area contributed by atoms with Gasteiger partial charge >= 0.3 is 5.97 Å². The zero-order valence-corrected chi connectivity index (χ0v) is 17.5. The SMILES string of the molecule is O=C(CN1C(=O)C2C3C=CC(C3)C2C1=O)OCC(=O)c1ccc(C2CCCCC2)cc1. The van der Waals surface area contributed by atoms with Crippen molar-refractivity contribution in [3.05, 3.63) is 47.5 Å². The molecule has 0 aromatic heterocycles. The van der Waals surface area contributed by atoms with Gasteiger partial charge in [0, 0.05) is 5.56 Å². The van der Waals surface area contributed by atoms with Crippen molar-refractivity contribution >= 4 is 23.6 Å². The summed E-state index contributed by atoms with van der Waals surface area (Å²) in [6, 6.07) is 7.57. The fourth-order valence-corrected chi connectivity index (χ4v) is 5.90. The topological polar surface area (TPSA) is 80.8 Å². The van der Waals surface area contributed by atoms with Crippen LogP contribution < -0.4 is 0 Å². The van der Waals surface area contributed by atoms with E-state index in [1.165, 1.54) is 37.7 Å². The molecule has 1 heterocycles. The van der Waals surface area contributed by atoms with Gasteiger partial charge in [-0.2, -0.15) is 0 Å². The van der Waals surface area contributed by atoms with Crippen LogP contribution in [0.3, 0.4) is 0 Å².